The molecule has 0 radical (unpaired) electrons. The van der Waals surface area contributed by atoms with Gasteiger partial charge in [0, 0.05) is 74.4 Å². The van der Waals surface area contributed by atoms with Crippen LogP contribution in [0.15, 0.2) is 84.9 Å². The fourth-order valence-electron chi connectivity index (χ4n) is 9.97. The summed E-state index contributed by atoms with van der Waals surface area (Å²) in [6.07, 6.45) is 22.5. The van der Waals surface area contributed by atoms with Gasteiger partial charge in [-0.15, -0.1) is 0 Å². The van der Waals surface area contributed by atoms with E-state index in [9.17, 15) is 0 Å². The zero-order chi connectivity index (χ0) is 46.3. The van der Waals surface area contributed by atoms with Crippen molar-refractivity contribution < 1.29 is 0 Å². The van der Waals surface area contributed by atoms with Crippen molar-refractivity contribution >= 4 is 59.2 Å². The lowest BCUT2D eigenvalue weighted by Gasteiger charge is -2.38. The smallest absolute Gasteiger partial charge is 0.156 e. The Kier molecular flexibility index (Phi) is 16.2. The van der Waals surface area contributed by atoms with E-state index in [2.05, 4.69) is 99.2 Å². The fraction of sp³-hybridized carbons (Fsp3) is 0.444. The van der Waals surface area contributed by atoms with Crippen molar-refractivity contribution in [2.75, 3.05) is 79.3 Å². The molecule has 0 atom stereocenters. The molecule has 8 heterocycles. The SMILES string of the molecule is Cc1cc(Nc2cc(N3CCC(CN4CCCCC4)CC3)nc(/C=C/c3ccccc3)n2)n[nH]1.Cc1cc(Nc2cc(N3CCC(N4CCCCCC4)CC3)nc(/C=C/c3ccccc3)n2)n[nH]1. The number of rotatable bonds is 13. The van der Waals surface area contributed by atoms with Gasteiger partial charge in [0.15, 0.2) is 23.3 Å². The number of benzene rings is 2. The van der Waals surface area contributed by atoms with Crippen LogP contribution in [-0.2, 0) is 0 Å². The van der Waals surface area contributed by atoms with Gasteiger partial charge in [0.1, 0.15) is 23.3 Å². The lowest BCUT2D eigenvalue weighted by Crippen LogP contribution is -2.45. The van der Waals surface area contributed by atoms with Crippen molar-refractivity contribution in [2.45, 2.75) is 90.5 Å². The topological polar surface area (TPSA) is 146 Å². The number of nitrogens with one attached hydrogen (secondary N) is 4. The summed E-state index contributed by atoms with van der Waals surface area (Å²) in [5.41, 5.74) is 4.29. The van der Waals surface area contributed by atoms with Crippen LogP contribution in [0.5, 0.6) is 0 Å². The van der Waals surface area contributed by atoms with Crippen molar-refractivity contribution in [1.82, 2.24) is 50.1 Å². The number of hydrogen-bond donors (Lipinski definition) is 4. The second-order valence-corrected chi connectivity index (χ2v) is 19.0. The maximum Gasteiger partial charge on any atom is 0.156 e. The second kappa shape index (κ2) is 23.6. The second-order valence-electron chi connectivity index (χ2n) is 19.0. The zero-order valence-corrected chi connectivity index (χ0v) is 40.2. The maximum absolute atomic E-state index is 4.92. The third kappa shape index (κ3) is 13.6. The lowest BCUT2D eigenvalue weighted by atomic mass is 9.95. The number of anilines is 6. The van der Waals surface area contributed by atoms with Crippen LogP contribution in [0.25, 0.3) is 24.3 Å². The van der Waals surface area contributed by atoms with Crippen LogP contribution in [-0.4, -0.2) is 115 Å². The van der Waals surface area contributed by atoms with Crippen LogP contribution in [0.3, 0.4) is 0 Å². The van der Waals surface area contributed by atoms with Gasteiger partial charge in [-0.05, 0) is 121 Å². The third-order valence-corrected chi connectivity index (χ3v) is 13.7. The van der Waals surface area contributed by atoms with Gasteiger partial charge >= 0.3 is 0 Å². The largest absolute Gasteiger partial charge is 0.356 e. The van der Waals surface area contributed by atoms with Gasteiger partial charge in [-0.2, -0.15) is 10.2 Å². The summed E-state index contributed by atoms with van der Waals surface area (Å²) in [5.74, 6) is 7.20. The van der Waals surface area contributed by atoms with E-state index in [0.717, 1.165) is 89.5 Å². The van der Waals surface area contributed by atoms with Crippen LogP contribution >= 0.6 is 0 Å². The molecule has 4 aliphatic rings. The summed E-state index contributed by atoms with van der Waals surface area (Å²) in [5, 5.41) is 21.3. The normalized spacial score (nSPS) is 18.1. The van der Waals surface area contributed by atoms with Crippen molar-refractivity contribution in [3.05, 3.63) is 119 Å². The molecule has 14 nitrogen and oxygen atoms in total. The van der Waals surface area contributed by atoms with Gasteiger partial charge in [0.2, 0.25) is 0 Å². The van der Waals surface area contributed by atoms with Crippen molar-refractivity contribution in [2.24, 2.45) is 5.92 Å². The molecule has 14 heteroatoms. The van der Waals surface area contributed by atoms with E-state index in [0.29, 0.717) is 17.7 Å². The van der Waals surface area contributed by atoms with E-state index in [4.69, 9.17) is 19.9 Å². The molecule has 4 aromatic heterocycles. The zero-order valence-electron chi connectivity index (χ0n) is 40.2. The predicted molar refractivity (Wildman–Crippen MR) is 279 cm³/mol. The number of aromatic amines is 2. The molecule has 6 aromatic rings. The lowest BCUT2D eigenvalue weighted by molar-refractivity contribution is 0.175. The van der Waals surface area contributed by atoms with E-state index < -0.39 is 0 Å². The summed E-state index contributed by atoms with van der Waals surface area (Å²) >= 11 is 0. The van der Waals surface area contributed by atoms with Gasteiger partial charge in [-0.3, -0.25) is 10.2 Å². The van der Waals surface area contributed by atoms with Crippen LogP contribution in [0.2, 0.25) is 0 Å². The van der Waals surface area contributed by atoms with Crippen LogP contribution in [0.1, 0.15) is 105 Å². The van der Waals surface area contributed by atoms with Crippen molar-refractivity contribution in [1.29, 1.82) is 0 Å². The summed E-state index contributed by atoms with van der Waals surface area (Å²) in [6, 6.07) is 29.3. The minimum Gasteiger partial charge on any atom is -0.356 e. The molecule has 0 amide bonds. The number of likely N-dealkylation sites (tertiary alicyclic amines) is 2. The van der Waals surface area contributed by atoms with E-state index in [1.807, 2.05) is 74.5 Å². The fourth-order valence-corrected chi connectivity index (χ4v) is 9.97. The van der Waals surface area contributed by atoms with Crippen LogP contribution < -0.4 is 20.4 Å². The quantitative estimate of drug-likeness (QED) is 0.0875. The number of nitrogens with zero attached hydrogens (tertiary/aromatic N) is 10. The summed E-state index contributed by atoms with van der Waals surface area (Å²) in [4.78, 5) is 29.6. The molecule has 356 valence electrons. The molecule has 4 fully saturated rings. The molecule has 0 bridgehead atoms. The molecule has 0 saturated carbocycles. The molecule has 0 unspecified atom stereocenters. The van der Waals surface area contributed by atoms with E-state index in [1.165, 1.54) is 103 Å². The number of H-pyrrole nitrogens is 2. The highest BCUT2D eigenvalue weighted by Crippen LogP contribution is 2.29. The van der Waals surface area contributed by atoms with Gasteiger partial charge in [0.25, 0.3) is 0 Å². The van der Waals surface area contributed by atoms with Crippen LogP contribution in [0.4, 0.5) is 34.9 Å². The maximum atomic E-state index is 4.92. The monoisotopic (exact) mass is 915 g/mol. The molecule has 0 spiro atoms. The number of aromatic nitrogens is 8. The number of hydrogen-bond acceptors (Lipinski definition) is 12. The van der Waals surface area contributed by atoms with Crippen molar-refractivity contribution in [3.8, 4) is 0 Å². The van der Waals surface area contributed by atoms with E-state index in [-0.39, 0.29) is 0 Å². The highest BCUT2D eigenvalue weighted by atomic mass is 15.3. The highest BCUT2D eigenvalue weighted by molar-refractivity contribution is 5.70. The standard InChI is InChI=1S/2C27H35N7/c1-21-18-26(32-31-21)29-25-19-27(30-24(28-25)11-10-22-8-4-2-5-9-22)34-16-12-23(13-17-34)20-33-14-6-3-7-15-33;1-21-19-26(32-31-21)29-25-20-27(30-24(28-25)12-11-22-9-5-4-6-10-22)34-17-13-23(14-18-34)33-15-7-2-3-8-16-33/h2,4-5,8-11,18-19,23H,3,6-7,12-17,20H2,1H3,(H2,28,29,30,31,32);4-6,9-12,19-20,23H,2-3,7-8,13-18H2,1H3,(H2,28,29,30,31,32)/b11-10+;12-11+. The highest BCUT2D eigenvalue weighted by Gasteiger charge is 2.27. The Balaban J connectivity index is 0.000000170. The first-order valence-electron chi connectivity index (χ1n) is 25.2. The van der Waals surface area contributed by atoms with Gasteiger partial charge in [0.05, 0.1) is 0 Å². The third-order valence-electron chi connectivity index (χ3n) is 13.7. The number of aryl methyl sites for hydroxylation is 2. The molecule has 4 aliphatic heterocycles. The average Bonchev–Trinajstić information content (AvgIpc) is 3.88. The van der Waals surface area contributed by atoms with E-state index >= 15 is 0 Å². The Morgan fingerprint density at radius 2 is 0.956 bits per heavy atom. The van der Waals surface area contributed by atoms with E-state index in [1.54, 1.807) is 0 Å². The molecule has 4 saturated heterocycles. The average molecular weight is 915 g/mol. The summed E-state index contributed by atoms with van der Waals surface area (Å²) in [7, 11) is 0. The molecular formula is C54H70N14. The molecule has 68 heavy (non-hydrogen) atoms. The Labute approximate surface area is 402 Å². The van der Waals surface area contributed by atoms with Crippen LogP contribution in [0, 0.1) is 19.8 Å². The Hall–Kier alpha value is -6.38. The molecule has 10 rings (SSSR count). The van der Waals surface area contributed by atoms with Crippen molar-refractivity contribution in [3.63, 3.8) is 0 Å². The summed E-state index contributed by atoms with van der Waals surface area (Å²) in [6.45, 7) is 14.5. The predicted octanol–water partition coefficient (Wildman–Crippen LogP) is 10.4. The molecule has 0 aliphatic carbocycles. The molecular weight excluding hydrogens is 845 g/mol. The first-order valence-corrected chi connectivity index (χ1v) is 25.2. The first-order chi connectivity index (χ1) is 33.4. The molecule has 4 N–H and O–H groups in total. The van der Waals surface area contributed by atoms with Gasteiger partial charge in [-0.1, -0.05) is 92.1 Å². The minimum absolute atomic E-state index is 0.700. The molecule has 2 aromatic carbocycles. The number of piperidine rings is 3. The Bertz CT molecular complexity index is 2500. The Morgan fingerprint density at radius 1 is 0.500 bits per heavy atom. The Morgan fingerprint density at radius 3 is 1.43 bits per heavy atom. The first kappa shape index (κ1) is 46.7. The van der Waals surface area contributed by atoms with Gasteiger partial charge in [-0.25, -0.2) is 19.9 Å². The van der Waals surface area contributed by atoms with Gasteiger partial charge < -0.3 is 30.2 Å². The minimum atomic E-state index is 0.700. The summed E-state index contributed by atoms with van der Waals surface area (Å²) < 4.78 is 0.